The van der Waals surface area contributed by atoms with Gasteiger partial charge in [-0.1, -0.05) is 38.1 Å². The quantitative estimate of drug-likeness (QED) is 0.479. The van der Waals surface area contributed by atoms with Crippen molar-refractivity contribution in [3.63, 3.8) is 0 Å². The lowest BCUT2D eigenvalue weighted by atomic mass is 10.0. The highest BCUT2D eigenvalue weighted by Crippen LogP contribution is 2.25. The number of amides is 1. The van der Waals surface area contributed by atoms with E-state index in [0.29, 0.717) is 17.1 Å². The molecule has 2 aromatic rings. The molecule has 0 saturated carbocycles. The van der Waals surface area contributed by atoms with Gasteiger partial charge in [0.25, 0.3) is 0 Å². The topological polar surface area (TPSA) is 44.4 Å². The predicted octanol–water partition coefficient (Wildman–Crippen LogP) is 5.72. The summed E-state index contributed by atoms with van der Waals surface area (Å²) in [6, 6.07) is 17.0. The van der Waals surface area contributed by atoms with Crippen LogP contribution in [0.3, 0.4) is 0 Å². The second-order valence-corrected chi connectivity index (χ2v) is 8.59. The van der Waals surface area contributed by atoms with E-state index in [0.717, 1.165) is 17.8 Å². The number of anilines is 2. The van der Waals surface area contributed by atoms with Crippen LogP contribution in [0.25, 0.3) is 6.08 Å². The first kappa shape index (κ1) is 22.0. The van der Waals surface area contributed by atoms with Crippen molar-refractivity contribution < 1.29 is 4.79 Å². The first-order chi connectivity index (χ1) is 14.4. The number of carbonyl (C=O) groups is 1. The second-order valence-electron chi connectivity index (χ2n) is 8.18. The number of hydrogen-bond donors (Lipinski definition) is 2. The molecule has 158 valence electrons. The van der Waals surface area contributed by atoms with E-state index >= 15 is 0 Å². The van der Waals surface area contributed by atoms with Crippen molar-refractivity contribution in [3.8, 4) is 0 Å². The van der Waals surface area contributed by atoms with Gasteiger partial charge in [0, 0.05) is 30.0 Å². The minimum atomic E-state index is -0.251. The first-order valence-corrected chi connectivity index (χ1v) is 11.1. The summed E-state index contributed by atoms with van der Waals surface area (Å²) in [4.78, 5) is 14.6. The molecular weight excluding hydrogens is 390 g/mol. The molecule has 0 aromatic heterocycles. The lowest BCUT2D eigenvalue weighted by Gasteiger charge is -2.35. The molecule has 1 heterocycles. The molecule has 0 unspecified atom stereocenters. The van der Waals surface area contributed by atoms with Crippen molar-refractivity contribution in [2.45, 2.75) is 52.0 Å². The third kappa shape index (κ3) is 6.17. The minimum Gasteiger partial charge on any atom is -0.369 e. The zero-order chi connectivity index (χ0) is 21.5. The molecule has 1 amide bonds. The van der Waals surface area contributed by atoms with E-state index < -0.39 is 0 Å². The minimum absolute atomic E-state index is 0.251. The van der Waals surface area contributed by atoms with E-state index in [1.165, 1.54) is 36.6 Å². The van der Waals surface area contributed by atoms with E-state index in [9.17, 15) is 4.79 Å². The molecule has 0 spiro atoms. The molecule has 1 fully saturated rings. The SMILES string of the molecule is CC(C)c1ccc(/C=C/C(=O)NC(=S)Nc2ccc(N3CCCC[C@@H]3C)cc2)cc1. The van der Waals surface area contributed by atoms with Crippen LogP contribution in [-0.4, -0.2) is 23.6 Å². The summed E-state index contributed by atoms with van der Waals surface area (Å²) in [5.41, 5.74) is 4.36. The number of rotatable bonds is 5. The summed E-state index contributed by atoms with van der Waals surface area (Å²) < 4.78 is 0. The highest BCUT2D eigenvalue weighted by atomic mass is 32.1. The Morgan fingerprint density at radius 2 is 1.80 bits per heavy atom. The second kappa shape index (κ2) is 10.4. The van der Waals surface area contributed by atoms with Crippen LogP contribution in [0.5, 0.6) is 0 Å². The van der Waals surface area contributed by atoms with Gasteiger partial charge in [0.05, 0.1) is 0 Å². The molecule has 1 aliphatic rings. The van der Waals surface area contributed by atoms with Crippen LogP contribution in [0.4, 0.5) is 11.4 Å². The smallest absolute Gasteiger partial charge is 0.250 e. The van der Waals surface area contributed by atoms with Gasteiger partial charge in [-0.15, -0.1) is 0 Å². The molecule has 2 aromatic carbocycles. The Hall–Kier alpha value is -2.66. The number of nitrogens with zero attached hydrogens (tertiary/aromatic N) is 1. The Balaban J connectivity index is 1.50. The Kier molecular flexibility index (Phi) is 7.63. The van der Waals surface area contributed by atoms with Gasteiger partial charge in [-0.25, -0.2) is 0 Å². The molecule has 3 rings (SSSR count). The van der Waals surface area contributed by atoms with Crippen LogP contribution < -0.4 is 15.5 Å². The van der Waals surface area contributed by atoms with Crippen molar-refractivity contribution in [1.29, 1.82) is 0 Å². The van der Waals surface area contributed by atoms with Crippen LogP contribution in [0.1, 0.15) is 57.1 Å². The van der Waals surface area contributed by atoms with E-state index in [-0.39, 0.29) is 5.91 Å². The molecule has 1 aliphatic heterocycles. The highest BCUT2D eigenvalue weighted by molar-refractivity contribution is 7.80. The van der Waals surface area contributed by atoms with Crippen LogP contribution in [0, 0.1) is 0 Å². The Morgan fingerprint density at radius 3 is 2.43 bits per heavy atom. The van der Waals surface area contributed by atoms with E-state index in [4.69, 9.17) is 12.2 Å². The number of thiocarbonyl (C=S) groups is 1. The standard InChI is InChI=1S/C25H31N3OS/c1-18(2)21-10-7-20(8-11-21)9-16-24(29)27-25(30)26-22-12-14-23(15-13-22)28-17-5-4-6-19(28)3/h7-16,18-19H,4-6,17H2,1-3H3,(H2,26,27,29,30)/b16-9+/t19-/m0/s1. The summed E-state index contributed by atoms with van der Waals surface area (Å²) in [5.74, 6) is 0.242. The van der Waals surface area contributed by atoms with Crippen LogP contribution in [-0.2, 0) is 4.79 Å². The van der Waals surface area contributed by atoms with Crippen molar-refractivity contribution in [2.24, 2.45) is 0 Å². The normalized spacial score (nSPS) is 16.7. The molecule has 1 saturated heterocycles. The third-order valence-corrected chi connectivity index (χ3v) is 5.73. The lowest BCUT2D eigenvalue weighted by molar-refractivity contribution is -0.115. The van der Waals surface area contributed by atoms with Gasteiger partial charge in [0.2, 0.25) is 5.91 Å². The fraction of sp³-hybridized carbons (Fsp3) is 0.360. The predicted molar refractivity (Wildman–Crippen MR) is 131 cm³/mol. The summed E-state index contributed by atoms with van der Waals surface area (Å²) in [7, 11) is 0. The van der Waals surface area contributed by atoms with Crippen molar-refractivity contribution >= 4 is 40.7 Å². The molecule has 0 radical (unpaired) electrons. The van der Waals surface area contributed by atoms with Gasteiger partial charge in [0.15, 0.2) is 5.11 Å². The molecule has 1 atom stereocenters. The van der Waals surface area contributed by atoms with Crippen LogP contribution in [0.2, 0.25) is 0 Å². The zero-order valence-electron chi connectivity index (χ0n) is 18.0. The van der Waals surface area contributed by atoms with Crippen molar-refractivity contribution in [1.82, 2.24) is 5.32 Å². The monoisotopic (exact) mass is 421 g/mol. The molecule has 5 heteroatoms. The molecule has 0 bridgehead atoms. The molecule has 30 heavy (non-hydrogen) atoms. The molecule has 0 aliphatic carbocycles. The Labute approximate surface area is 185 Å². The van der Waals surface area contributed by atoms with Crippen LogP contribution >= 0.6 is 12.2 Å². The van der Waals surface area contributed by atoms with Crippen molar-refractivity contribution in [3.05, 3.63) is 65.7 Å². The van der Waals surface area contributed by atoms with Gasteiger partial charge in [0.1, 0.15) is 0 Å². The van der Waals surface area contributed by atoms with E-state index in [2.05, 4.69) is 60.6 Å². The first-order valence-electron chi connectivity index (χ1n) is 10.7. The molecule has 4 nitrogen and oxygen atoms in total. The highest BCUT2D eigenvalue weighted by Gasteiger charge is 2.18. The van der Waals surface area contributed by atoms with Gasteiger partial charge in [-0.2, -0.15) is 0 Å². The largest absolute Gasteiger partial charge is 0.369 e. The molecule has 2 N–H and O–H groups in total. The molecular formula is C25H31N3OS. The van der Waals surface area contributed by atoms with Gasteiger partial charge in [-0.05, 0) is 85.8 Å². The van der Waals surface area contributed by atoms with Crippen molar-refractivity contribution in [2.75, 3.05) is 16.8 Å². The van der Waals surface area contributed by atoms with Gasteiger partial charge < -0.3 is 10.2 Å². The summed E-state index contributed by atoms with van der Waals surface area (Å²) in [5, 5.41) is 6.07. The fourth-order valence-corrected chi connectivity index (χ4v) is 3.92. The maximum absolute atomic E-state index is 12.2. The Bertz CT molecular complexity index is 888. The van der Waals surface area contributed by atoms with E-state index in [1.807, 2.05) is 24.3 Å². The number of carbonyl (C=O) groups excluding carboxylic acids is 1. The van der Waals surface area contributed by atoms with Crippen LogP contribution in [0.15, 0.2) is 54.6 Å². The van der Waals surface area contributed by atoms with Gasteiger partial charge >= 0.3 is 0 Å². The average molecular weight is 422 g/mol. The van der Waals surface area contributed by atoms with Gasteiger partial charge in [-0.3, -0.25) is 10.1 Å². The Morgan fingerprint density at radius 1 is 1.10 bits per heavy atom. The maximum Gasteiger partial charge on any atom is 0.250 e. The van der Waals surface area contributed by atoms with E-state index in [1.54, 1.807) is 6.08 Å². The summed E-state index contributed by atoms with van der Waals surface area (Å²) in [6.07, 6.45) is 7.08. The fourth-order valence-electron chi connectivity index (χ4n) is 3.70. The number of nitrogens with one attached hydrogen (secondary N) is 2. The summed E-state index contributed by atoms with van der Waals surface area (Å²) >= 11 is 5.28. The maximum atomic E-state index is 12.2. The zero-order valence-corrected chi connectivity index (χ0v) is 18.8. The number of piperidine rings is 1. The number of benzene rings is 2. The lowest BCUT2D eigenvalue weighted by Crippen LogP contribution is -2.37. The summed E-state index contributed by atoms with van der Waals surface area (Å²) in [6.45, 7) is 7.71. The third-order valence-electron chi connectivity index (χ3n) is 5.53. The average Bonchev–Trinajstić information content (AvgIpc) is 2.73. The number of hydrogen-bond acceptors (Lipinski definition) is 3.